The second kappa shape index (κ2) is 7.98. The van der Waals surface area contributed by atoms with Gasteiger partial charge < -0.3 is 18.8 Å². The summed E-state index contributed by atoms with van der Waals surface area (Å²) in [4.78, 5) is 38.9. The molecule has 1 saturated heterocycles. The van der Waals surface area contributed by atoms with Crippen LogP contribution in [0.2, 0.25) is 0 Å². The van der Waals surface area contributed by atoms with E-state index in [2.05, 4.69) is 0 Å². The maximum absolute atomic E-state index is 13.9. The molecule has 1 aromatic heterocycles. The van der Waals surface area contributed by atoms with Crippen LogP contribution in [0.15, 0.2) is 63.8 Å². The first-order chi connectivity index (χ1) is 14.5. The van der Waals surface area contributed by atoms with Crippen molar-refractivity contribution in [2.75, 3.05) is 13.7 Å². The number of rotatable bonds is 4. The van der Waals surface area contributed by atoms with Crippen LogP contribution in [-0.4, -0.2) is 42.6 Å². The van der Waals surface area contributed by atoms with Crippen molar-refractivity contribution in [3.63, 3.8) is 0 Å². The van der Waals surface area contributed by atoms with Crippen molar-refractivity contribution in [2.24, 2.45) is 0 Å². The van der Waals surface area contributed by atoms with Gasteiger partial charge >= 0.3 is 5.97 Å². The number of carbonyl (C=O) groups excluding carboxylic acids is 2. The number of para-hydroxylation sites is 2. The van der Waals surface area contributed by atoms with Gasteiger partial charge in [-0.3, -0.25) is 9.59 Å². The van der Waals surface area contributed by atoms with E-state index >= 15 is 0 Å². The predicted octanol–water partition coefficient (Wildman–Crippen LogP) is 2.77. The highest BCUT2D eigenvalue weighted by molar-refractivity contribution is 5.96. The first kappa shape index (κ1) is 19.6. The molecule has 0 bridgehead atoms. The summed E-state index contributed by atoms with van der Waals surface area (Å²) >= 11 is 0. The molecule has 2 heterocycles. The monoisotopic (exact) mass is 411 g/mol. The Labute approximate surface area is 170 Å². The first-order valence-corrected chi connectivity index (χ1v) is 9.31. The van der Waals surface area contributed by atoms with Gasteiger partial charge in [-0.2, -0.15) is 0 Å². The zero-order chi connectivity index (χ0) is 21.3. The molecule has 1 fully saturated rings. The van der Waals surface area contributed by atoms with Gasteiger partial charge in [-0.15, -0.1) is 0 Å². The summed E-state index contributed by atoms with van der Waals surface area (Å²) < 4.78 is 30.0. The third-order valence-electron chi connectivity index (χ3n) is 4.97. The van der Waals surface area contributed by atoms with Crippen LogP contribution in [0.4, 0.5) is 4.39 Å². The second-order valence-electron chi connectivity index (χ2n) is 6.87. The van der Waals surface area contributed by atoms with Gasteiger partial charge in [0, 0.05) is 12.5 Å². The van der Waals surface area contributed by atoms with Gasteiger partial charge in [-0.25, -0.2) is 9.18 Å². The van der Waals surface area contributed by atoms with Crippen LogP contribution in [0.5, 0.6) is 5.75 Å². The lowest BCUT2D eigenvalue weighted by Crippen LogP contribution is -2.41. The number of nitrogens with zero attached hydrogens (tertiary/aromatic N) is 1. The molecule has 4 rings (SSSR count). The van der Waals surface area contributed by atoms with Crippen LogP contribution < -0.4 is 10.2 Å². The van der Waals surface area contributed by atoms with Crippen LogP contribution in [0.1, 0.15) is 17.0 Å². The summed E-state index contributed by atoms with van der Waals surface area (Å²) in [7, 11) is 1.21. The molecule has 0 radical (unpaired) electrons. The smallest absolute Gasteiger partial charge is 0.328 e. The van der Waals surface area contributed by atoms with E-state index in [1.165, 1.54) is 30.2 Å². The van der Waals surface area contributed by atoms with E-state index in [4.69, 9.17) is 13.9 Å². The Morgan fingerprint density at radius 1 is 1.13 bits per heavy atom. The largest absolute Gasteiger partial charge is 0.485 e. The summed E-state index contributed by atoms with van der Waals surface area (Å²) in [5.74, 6) is -1.99. The number of hydrogen-bond acceptors (Lipinski definition) is 6. The molecular weight excluding hydrogens is 393 g/mol. The van der Waals surface area contributed by atoms with E-state index in [1.807, 2.05) is 0 Å². The van der Waals surface area contributed by atoms with Gasteiger partial charge in [0.15, 0.2) is 22.8 Å². The molecule has 0 aliphatic carbocycles. The molecule has 3 aromatic rings. The minimum Gasteiger partial charge on any atom is -0.485 e. The highest BCUT2D eigenvalue weighted by atomic mass is 19.1. The van der Waals surface area contributed by atoms with Crippen molar-refractivity contribution in [1.29, 1.82) is 0 Å². The van der Waals surface area contributed by atoms with Crippen molar-refractivity contribution >= 4 is 22.8 Å². The normalized spacial score (nSPS) is 18.4. The molecule has 154 valence electrons. The van der Waals surface area contributed by atoms with Crippen LogP contribution in [0.3, 0.4) is 0 Å². The second-order valence-corrected chi connectivity index (χ2v) is 6.87. The van der Waals surface area contributed by atoms with E-state index in [0.29, 0.717) is 5.39 Å². The van der Waals surface area contributed by atoms with E-state index < -0.39 is 29.8 Å². The van der Waals surface area contributed by atoms with Crippen molar-refractivity contribution < 1.29 is 27.9 Å². The molecule has 2 aromatic carbocycles. The summed E-state index contributed by atoms with van der Waals surface area (Å²) in [5, 5.41) is 0.348. The third-order valence-corrected chi connectivity index (χ3v) is 4.97. The summed E-state index contributed by atoms with van der Waals surface area (Å²) in [6.45, 7) is 0.00344. The lowest BCUT2D eigenvalue weighted by Gasteiger charge is -2.21. The van der Waals surface area contributed by atoms with Gasteiger partial charge in [-0.1, -0.05) is 24.3 Å². The molecule has 8 heteroatoms. The van der Waals surface area contributed by atoms with Crippen LogP contribution >= 0.6 is 0 Å². The standard InChI is InChI=1S/C22H18FNO6/c1-28-22(27)16-10-13(29-19-9-5-3-7-15(19)23)12-24(16)21(26)20-11-17(25)14-6-2-4-8-18(14)30-20/h2-9,11,13,16H,10,12H2,1H3/t13-,16+/m1/s1. The van der Waals surface area contributed by atoms with Gasteiger partial charge in [0.25, 0.3) is 5.91 Å². The van der Waals surface area contributed by atoms with Crippen molar-refractivity contribution in [2.45, 2.75) is 18.6 Å². The SMILES string of the molecule is COC(=O)[C@@H]1C[C@@H](Oc2ccccc2F)CN1C(=O)c1cc(=O)c2ccccc2o1. The molecular formula is C22H18FNO6. The number of likely N-dealkylation sites (tertiary alicyclic amines) is 1. The zero-order valence-electron chi connectivity index (χ0n) is 16.0. The third kappa shape index (κ3) is 3.63. The Hall–Kier alpha value is -3.68. The Kier molecular flexibility index (Phi) is 5.22. The van der Waals surface area contributed by atoms with E-state index in [1.54, 1.807) is 30.3 Å². The van der Waals surface area contributed by atoms with Crippen LogP contribution in [0, 0.1) is 5.82 Å². The molecule has 1 aliphatic rings. The van der Waals surface area contributed by atoms with Crippen LogP contribution in [-0.2, 0) is 9.53 Å². The molecule has 1 amide bonds. The Morgan fingerprint density at radius 2 is 1.87 bits per heavy atom. The molecule has 2 atom stereocenters. The summed E-state index contributed by atoms with van der Waals surface area (Å²) in [6, 6.07) is 12.6. The number of hydrogen-bond donors (Lipinski definition) is 0. The Morgan fingerprint density at radius 3 is 2.63 bits per heavy atom. The minimum atomic E-state index is -0.948. The van der Waals surface area contributed by atoms with Crippen molar-refractivity contribution in [1.82, 2.24) is 4.90 Å². The number of esters is 1. The fraction of sp³-hybridized carbons (Fsp3) is 0.227. The average molecular weight is 411 g/mol. The molecule has 0 N–H and O–H groups in total. The quantitative estimate of drug-likeness (QED) is 0.614. The number of halogens is 1. The Bertz CT molecular complexity index is 1170. The van der Waals surface area contributed by atoms with Gasteiger partial charge in [0.2, 0.25) is 0 Å². The minimum absolute atomic E-state index is 0.00344. The summed E-state index contributed by atoms with van der Waals surface area (Å²) in [5.41, 5.74) is -0.102. The highest BCUT2D eigenvalue weighted by Crippen LogP contribution is 2.27. The van der Waals surface area contributed by atoms with E-state index in [9.17, 15) is 18.8 Å². The molecule has 1 aliphatic heterocycles. The highest BCUT2D eigenvalue weighted by Gasteiger charge is 2.42. The van der Waals surface area contributed by atoms with Gasteiger partial charge in [-0.05, 0) is 24.3 Å². The molecule has 0 spiro atoms. The maximum atomic E-state index is 13.9. The fourth-order valence-electron chi connectivity index (χ4n) is 3.54. The van der Waals surface area contributed by atoms with E-state index in [0.717, 1.165) is 6.07 Å². The number of benzene rings is 2. The average Bonchev–Trinajstić information content (AvgIpc) is 3.18. The zero-order valence-corrected chi connectivity index (χ0v) is 16.0. The maximum Gasteiger partial charge on any atom is 0.328 e. The first-order valence-electron chi connectivity index (χ1n) is 9.31. The van der Waals surface area contributed by atoms with Gasteiger partial charge in [0.1, 0.15) is 17.7 Å². The number of fused-ring (bicyclic) bond motifs is 1. The Balaban J connectivity index is 1.63. The number of carbonyl (C=O) groups is 2. The van der Waals surface area contributed by atoms with Gasteiger partial charge in [0.05, 0.1) is 19.0 Å². The topological polar surface area (TPSA) is 86.0 Å². The predicted molar refractivity (Wildman–Crippen MR) is 105 cm³/mol. The number of ether oxygens (including phenoxy) is 2. The number of amides is 1. The fourth-order valence-corrected chi connectivity index (χ4v) is 3.54. The summed E-state index contributed by atoms with van der Waals surface area (Å²) in [6.07, 6.45) is -0.521. The molecule has 30 heavy (non-hydrogen) atoms. The lowest BCUT2D eigenvalue weighted by molar-refractivity contribution is -0.145. The van der Waals surface area contributed by atoms with E-state index in [-0.39, 0.29) is 35.5 Å². The van der Waals surface area contributed by atoms with Crippen molar-refractivity contribution in [3.05, 3.63) is 76.4 Å². The lowest BCUT2D eigenvalue weighted by atomic mass is 10.2. The molecule has 7 nitrogen and oxygen atoms in total. The molecule has 0 unspecified atom stereocenters. The molecule has 0 saturated carbocycles. The van der Waals surface area contributed by atoms with Crippen molar-refractivity contribution in [3.8, 4) is 5.75 Å². The van der Waals surface area contributed by atoms with Crippen LogP contribution in [0.25, 0.3) is 11.0 Å². The number of methoxy groups -OCH3 is 1.